The van der Waals surface area contributed by atoms with E-state index in [-0.39, 0.29) is 23.0 Å². The lowest BCUT2D eigenvalue weighted by atomic mass is 9.93. The van der Waals surface area contributed by atoms with Gasteiger partial charge < -0.3 is 29.2 Å². The van der Waals surface area contributed by atoms with Gasteiger partial charge in [-0.3, -0.25) is 4.79 Å². The molecule has 0 atom stereocenters. The highest BCUT2D eigenvalue weighted by atomic mass is 19.4. The molecule has 1 saturated heterocycles. The number of nitrogens with zero attached hydrogens (tertiary/aromatic N) is 3. The number of halogens is 4. The van der Waals surface area contributed by atoms with Gasteiger partial charge in [0, 0.05) is 25.7 Å². The molecular formula is C32H32F4N4O6. The molecular weight excluding hydrogens is 612 g/mol. The standard InChI is InChI=1S/C32H32F4N4O6/c1-31(2,3)46-30(42)38-14-11-20-12-15-40(16-13-20)29(41)25-18-26(33)28(43-22-9-7-21(19-37)8-10-22)39-27(25)44-23-5-4-6-24(17-23)45-32(34,35)36/h4-10,17-18,20H,11-16H2,1-3H3,(H,38,42). The number of amides is 2. The Morgan fingerprint density at radius 2 is 1.63 bits per heavy atom. The minimum absolute atomic E-state index is 0.138. The number of piperidine rings is 1. The molecule has 2 aromatic carbocycles. The monoisotopic (exact) mass is 644 g/mol. The van der Waals surface area contributed by atoms with Gasteiger partial charge in [0.2, 0.25) is 5.88 Å². The highest BCUT2D eigenvalue weighted by Gasteiger charge is 2.32. The number of carbonyl (C=O) groups is 2. The maximum Gasteiger partial charge on any atom is 0.573 e. The lowest BCUT2D eigenvalue weighted by Crippen LogP contribution is -2.39. The van der Waals surface area contributed by atoms with Crippen LogP contribution < -0.4 is 19.5 Å². The zero-order valence-electron chi connectivity index (χ0n) is 25.3. The number of rotatable bonds is 9. The Morgan fingerprint density at radius 3 is 2.26 bits per heavy atom. The molecule has 1 aromatic heterocycles. The minimum Gasteiger partial charge on any atom is -0.444 e. The van der Waals surface area contributed by atoms with Gasteiger partial charge in [-0.15, -0.1) is 13.2 Å². The van der Waals surface area contributed by atoms with Crippen LogP contribution >= 0.6 is 0 Å². The summed E-state index contributed by atoms with van der Waals surface area (Å²) in [5.41, 5.74) is -0.535. The van der Waals surface area contributed by atoms with Crippen LogP contribution in [-0.4, -0.2) is 53.5 Å². The summed E-state index contributed by atoms with van der Waals surface area (Å²) in [4.78, 5) is 31.1. The summed E-state index contributed by atoms with van der Waals surface area (Å²) >= 11 is 0. The van der Waals surface area contributed by atoms with Crippen molar-refractivity contribution in [2.75, 3.05) is 19.6 Å². The number of nitriles is 1. The van der Waals surface area contributed by atoms with Gasteiger partial charge in [-0.1, -0.05) is 6.07 Å². The van der Waals surface area contributed by atoms with Crippen molar-refractivity contribution in [3.8, 4) is 35.1 Å². The van der Waals surface area contributed by atoms with Gasteiger partial charge in [0.1, 0.15) is 28.4 Å². The molecule has 14 heteroatoms. The second-order valence-electron chi connectivity index (χ2n) is 11.4. The fourth-order valence-corrected chi connectivity index (χ4v) is 4.60. The van der Waals surface area contributed by atoms with E-state index in [4.69, 9.17) is 19.5 Å². The Hall–Kier alpha value is -5.06. The van der Waals surface area contributed by atoms with E-state index < -0.39 is 47.3 Å². The first-order valence-electron chi connectivity index (χ1n) is 14.4. The van der Waals surface area contributed by atoms with E-state index >= 15 is 4.39 Å². The van der Waals surface area contributed by atoms with Crippen LogP contribution in [0.5, 0.6) is 29.0 Å². The summed E-state index contributed by atoms with van der Waals surface area (Å²) in [7, 11) is 0. The van der Waals surface area contributed by atoms with Crippen LogP contribution in [-0.2, 0) is 4.74 Å². The molecule has 2 amide bonds. The third kappa shape index (κ3) is 9.98. The maximum atomic E-state index is 15.3. The summed E-state index contributed by atoms with van der Waals surface area (Å²) in [5, 5.41) is 11.7. The first kappa shape index (κ1) is 33.8. The van der Waals surface area contributed by atoms with Crippen LogP contribution in [0, 0.1) is 23.1 Å². The molecule has 3 aromatic rings. The number of hydrogen-bond acceptors (Lipinski definition) is 8. The van der Waals surface area contributed by atoms with Crippen molar-refractivity contribution in [1.29, 1.82) is 5.26 Å². The summed E-state index contributed by atoms with van der Waals surface area (Å²) in [6, 6.07) is 13.2. The van der Waals surface area contributed by atoms with Gasteiger partial charge in [0.05, 0.1) is 11.6 Å². The number of nitrogens with one attached hydrogen (secondary N) is 1. The molecule has 0 spiro atoms. The molecule has 1 N–H and O–H groups in total. The molecule has 244 valence electrons. The average Bonchev–Trinajstić information content (AvgIpc) is 2.97. The molecule has 0 radical (unpaired) electrons. The Kier molecular flexibility index (Phi) is 10.6. The van der Waals surface area contributed by atoms with E-state index in [1.54, 1.807) is 20.8 Å². The molecule has 0 saturated carbocycles. The molecule has 0 bridgehead atoms. The van der Waals surface area contributed by atoms with Gasteiger partial charge in [-0.25, -0.2) is 9.18 Å². The zero-order chi connectivity index (χ0) is 33.5. The summed E-state index contributed by atoms with van der Waals surface area (Å²) in [6.07, 6.45) is -3.56. The number of pyridine rings is 1. The molecule has 4 rings (SSSR count). The van der Waals surface area contributed by atoms with E-state index in [2.05, 4.69) is 15.0 Å². The summed E-state index contributed by atoms with van der Waals surface area (Å²) in [5.74, 6) is -2.93. The second kappa shape index (κ2) is 14.4. The molecule has 2 heterocycles. The van der Waals surface area contributed by atoms with Crippen LogP contribution in [0.4, 0.5) is 22.4 Å². The van der Waals surface area contributed by atoms with E-state index in [1.807, 2.05) is 6.07 Å². The Bertz CT molecular complexity index is 1580. The predicted octanol–water partition coefficient (Wildman–Crippen LogP) is 7.34. The summed E-state index contributed by atoms with van der Waals surface area (Å²) < 4.78 is 74.1. The Morgan fingerprint density at radius 1 is 0.978 bits per heavy atom. The SMILES string of the molecule is CC(C)(C)OC(=O)NCCC1CCN(C(=O)c2cc(F)c(Oc3ccc(C#N)cc3)nc2Oc2cccc(OC(F)(F)F)c2)CC1. The zero-order valence-corrected chi connectivity index (χ0v) is 25.3. The normalized spacial score (nSPS) is 13.8. The lowest BCUT2D eigenvalue weighted by Gasteiger charge is -2.32. The molecule has 1 aliphatic heterocycles. The van der Waals surface area contributed by atoms with Crippen LogP contribution in [0.1, 0.15) is 56.0 Å². The molecule has 10 nitrogen and oxygen atoms in total. The van der Waals surface area contributed by atoms with Gasteiger partial charge in [-0.2, -0.15) is 10.2 Å². The number of aromatic nitrogens is 1. The average molecular weight is 645 g/mol. The van der Waals surface area contributed by atoms with Crippen LogP contribution in [0.15, 0.2) is 54.6 Å². The fourth-order valence-electron chi connectivity index (χ4n) is 4.60. The molecule has 46 heavy (non-hydrogen) atoms. The van der Waals surface area contributed by atoms with Crippen molar-refractivity contribution in [3.05, 3.63) is 71.5 Å². The number of hydrogen-bond donors (Lipinski definition) is 1. The van der Waals surface area contributed by atoms with Crippen molar-refractivity contribution in [2.24, 2.45) is 5.92 Å². The third-order valence-corrected chi connectivity index (χ3v) is 6.71. The van der Waals surface area contributed by atoms with E-state index in [9.17, 15) is 22.8 Å². The lowest BCUT2D eigenvalue weighted by molar-refractivity contribution is -0.274. The Balaban J connectivity index is 1.51. The van der Waals surface area contributed by atoms with Gasteiger partial charge in [-0.05, 0) is 88.4 Å². The minimum atomic E-state index is -4.95. The van der Waals surface area contributed by atoms with Crippen LogP contribution in [0.25, 0.3) is 0 Å². The number of carbonyl (C=O) groups excluding carboxylic acids is 2. The largest absolute Gasteiger partial charge is 0.573 e. The first-order valence-corrected chi connectivity index (χ1v) is 14.4. The van der Waals surface area contributed by atoms with Crippen LogP contribution in [0.3, 0.4) is 0 Å². The smallest absolute Gasteiger partial charge is 0.444 e. The topological polar surface area (TPSA) is 123 Å². The predicted molar refractivity (Wildman–Crippen MR) is 156 cm³/mol. The van der Waals surface area contributed by atoms with Crippen molar-refractivity contribution >= 4 is 12.0 Å². The van der Waals surface area contributed by atoms with E-state index in [0.29, 0.717) is 44.5 Å². The van der Waals surface area contributed by atoms with Crippen molar-refractivity contribution < 1.29 is 46.1 Å². The van der Waals surface area contributed by atoms with Gasteiger partial charge in [0.25, 0.3) is 11.8 Å². The van der Waals surface area contributed by atoms with Crippen molar-refractivity contribution in [3.63, 3.8) is 0 Å². The number of likely N-dealkylation sites (tertiary alicyclic amines) is 1. The third-order valence-electron chi connectivity index (χ3n) is 6.71. The summed E-state index contributed by atoms with van der Waals surface area (Å²) in [6.45, 7) is 6.37. The quantitative estimate of drug-likeness (QED) is 0.240. The molecule has 0 unspecified atom stereocenters. The van der Waals surface area contributed by atoms with Gasteiger partial charge >= 0.3 is 12.5 Å². The van der Waals surface area contributed by atoms with E-state index in [0.717, 1.165) is 18.2 Å². The number of alkyl carbamates (subject to hydrolysis) is 1. The maximum absolute atomic E-state index is 15.3. The van der Waals surface area contributed by atoms with Crippen LogP contribution in [0.2, 0.25) is 0 Å². The molecule has 1 aliphatic rings. The number of alkyl halides is 3. The van der Waals surface area contributed by atoms with E-state index in [1.165, 1.54) is 41.3 Å². The highest BCUT2D eigenvalue weighted by molar-refractivity contribution is 5.96. The van der Waals surface area contributed by atoms with Crippen molar-refractivity contribution in [1.82, 2.24) is 15.2 Å². The first-order chi connectivity index (χ1) is 21.7. The van der Waals surface area contributed by atoms with Crippen molar-refractivity contribution in [2.45, 2.75) is 52.0 Å². The Labute approximate surface area is 262 Å². The number of ether oxygens (including phenoxy) is 4. The highest BCUT2D eigenvalue weighted by Crippen LogP contribution is 2.34. The molecule has 1 fully saturated rings. The number of benzene rings is 2. The fraction of sp³-hybridized carbons (Fsp3) is 0.375. The molecule has 0 aliphatic carbocycles. The second-order valence-corrected chi connectivity index (χ2v) is 11.4. The van der Waals surface area contributed by atoms with Gasteiger partial charge in [0.15, 0.2) is 5.82 Å².